The molecule has 0 spiro atoms. The van der Waals surface area contributed by atoms with Gasteiger partial charge in [-0.1, -0.05) is 0 Å². The molecule has 1 aromatic carbocycles. The Balaban J connectivity index is 1.96. The monoisotopic (exact) mass is 230 g/mol. The number of carbonyl (C=O) groups excluding carboxylic acids is 1. The highest BCUT2D eigenvalue weighted by Crippen LogP contribution is 2.21. The van der Waals surface area contributed by atoms with Gasteiger partial charge in [0.1, 0.15) is 5.52 Å². The molecule has 4 heteroatoms. The lowest BCUT2D eigenvalue weighted by Crippen LogP contribution is -2.17. The first-order valence-corrected chi connectivity index (χ1v) is 5.86. The normalized spacial score (nSPS) is 19.9. The Morgan fingerprint density at radius 3 is 3.18 bits per heavy atom. The van der Waals surface area contributed by atoms with Crippen LogP contribution in [0.4, 0.5) is 0 Å². The van der Waals surface area contributed by atoms with Gasteiger partial charge >= 0.3 is 0 Å². The Morgan fingerprint density at radius 2 is 2.41 bits per heavy atom. The summed E-state index contributed by atoms with van der Waals surface area (Å²) in [4.78, 5) is 16.4. The molecule has 1 atom stereocenters. The van der Waals surface area contributed by atoms with Crippen LogP contribution in [0.3, 0.4) is 0 Å². The van der Waals surface area contributed by atoms with Crippen molar-refractivity contribution >= 4 is 16.9 Å². The number of aryl methyl sites for hydroxylation is 1. The summed E-state index contributed by atoms with van der Waals surface area (Å²) in [6.07, 6.45) is 0.923. The van der Waals surface area contributed by atoms with Crippen LogP contribution in [0.15, 0.2) is 22.6 Å². The van der Waals surface area contributed by atoms with Crippen LogP contribution < -0.4 is 5.32 Å². The molecule has 2 aromatic rings. The van der Waals surface area contributed by atoms with E-state index < -0.39 is 0 Å². The van der Waals surface area contributed by atoms with Gasteiger partial charge in [0.15, 0.2) is 17.3 Å². The summed E-state index contributed by atoms with van der Waals surface area (Å²) in [5.41, 5.74) is 2.23. The predicted molar refractivity (Wildman–Crippen MR) is 64.1 cm³/mol. The topological polar surface area (TPSA) is 55.1 Å². The smallest absolute Gasteiger partial charge is 0.192 e. The number of hydrogen-bond acceptors (Lipinski definition) is 4. The summed E-state index contributed by atoms with van der Waals surface area (Å²) in [5.74, 6) is 0.939. The maximum atomic E-state index is 12.2. The third kappa shape index (κ3) is 1.85. The van der Waals surface area contributed by atoms with E-state index in [0.29, 0.717) is 11.5 Å². The van der Waals surface area contributed by atoms with Gasteiger partial charge < -0.3 is 9.73 Å². The second kappa shape index (κ2) is 3.96. The summed E-state index contributed by atoms with van der Waals surface area (Å²) < 4.78 is 5.44. The fourth-order valence-corrected chi connectivity index (χ4v) is 2.31. The van der Waals surface area contributed by atoms with E-state index in [4.69, 9.17) is 4.42 Å². The number of benzene rings is 1. The summed E-state index contributed by atoms with van der Waals surface area (Å²) in [6.45, 7) is 3.52. The second-order valence-electron chi connectivity index (χ2n) is 4.47. The molecule has 4 nitrogen and oxygen atoms in total. The van der Waals surface area contributed by atoms with Crippen molar-refractivity contribution in [3.05, 3.63) is 29.7 Å². The number of nitrogens with one attached hydrogen (secondary N) is 1. The van der Waals surface area contributed by atoms with Crippen LogP contribution in [0.2, 0.25) is 0 Å². The van der Waals surface area contributed by atoms with Gasteiger partial charge in [0.2, 0.25) is 0 Å². The first-order chi connectivity index (χ1) is 8.24. The summed E-state index contributed by atoms with van der Waals surface area (Å²) >= 11 is 0. The van der Waals surface area contributed by atoms with Gasteiger partial charge in [-0.3, -0.25) is 4.79 Å². The first-order valence-electron chi connectivity index (χ1n) is 5.86. The highest BCUT2D eigenvalue weighted by atomic mass is 16.3. The molecule has 1 aliphatic rings. The van der Waals surface area contributed by atoms with E-state index in [2.05, 4.69) is 10.3 Å². The number of Topliss-reactive ketones (excluding diaryl/α,β-unsaturated/α-hetero) is 1. The second-order valence-corrected chi connectivity index (χ2v) is 4.47. The molecular formula is C13H14N2O2. The van der Waals surface area contributed by atoms with Crippen LogP contribution in [-0.2, 0) is 0 Å². The molecule has 1 aliphatic heterocycles. The quantitative estimate of drug-likeness (QED) is 0.801. The van der Waals surface area contributed by atoms with Crippen LogP contribution in [-0.4, -0.2) is 23.9 Å². The zero-order valence-electron chi connectivity index (χ0n) is 9.69. The molecule has 0 aliphatic carbocycles. The highest BCUT2D eigenvalue weighted by molar-refractivity contribution is 6.00. The Bertz CT molecular complexity index is 568. The van der Waals surface area contributed by atoms with E-state index in [-0.39, 0.29) is 11.7 Å². The lowest BCUT2D eigenvalue weighted by Gasteiger charge is -2.06. The van der Waals surface area contributed by atoms with Gasteiger partial charge in [0, 0.05) is 24.9 Å². The molecule has 3 rings (SSSR count). The van der Waals surface area contributed by atoms with E-state index >= 15 is 0 Å². The zero-order valence-corrected chi connectivity index (χ0v) is 9.69. The standard InChI is InChI=1S/C13H14N2O2/c1-8-15-11-3-2-9(6-12(11)17-8)13(16)10-4-5-14-7-10/h2-3,6,10,14H,4-5,7H2,1H3. The summed E-state index contributed by atoms with van der Waals surface area (Å²) in [5, 5.41) is 3.21. The molecule has 17 heavy (non-hydrogen) atoms. The van der Waals surface area contributed by atoms with Crippen molar-refractivity contribution in [3.8, 4) is 0 Å². The number of aromatic nitrogens is 1. The van der Waals surface area contributed by atoms with E-state index in [1.807, 2.05) is 19.1 Å². The van der Waals surface area contributed by atoms with E-state index in [9.17, 15) is 4.79 Å². The van der Waals surface area contributed by atoms with Crippen LogP contribution in [0, 0.1) is 12.8 Å². The van der Waals surface area contributed by atoms with Gasteiger partial charge in [-0.25, -0.2) is 4.98 Å². The van der Waals surface area contributed by atoms with Crippen LogP contribution in [0.5, 0.6) is 0 Å². The van der Waals surface area contributed by atoms with Crippen molar-refractivity contribution in [3.63, 3.8) is 0 Å². The molecule has 88 valence electrons. The molecule has 2 heterocycles. The zero-order chi connectivity index (χ0) is 11.8. The van der Waals surface area contributed by atoms with E-state index in [0.717, 1.165) is 30.6 Å². The minimum absolute atomic E-state index is 0.108. The number of fused-ring (bicyclic) bond motifs is 1. The summed E-state index contributed by atoms with van der Waals surface area (Å²) in [6, 6.07) is 5.49. The van der Waals surface area contributed by atoms with Crippen molar-refractivity contribution in [2.24, 2.45) is 5.92 Å². The fraction of sp³-hybridized carbons (Fsp3) is 0.385. The van der Waals surface area contributed by atoms with Crippen LogP contribution in [0.25, 0.3) is 11.1 Å². The number of hydrogen-bond donors (Lipinski definition) is 1. The SMILES string of the molecule is Cc1nc2ccc(C(=O)C3CCNC3)cc2o1. The van der Waals surface area contributed by atoms with Crippen molar-refractivity contribution in [1.29, 1.82) is 0 Å². The number of oxazole rings is 1. The Kier molecular flexibility index (Phi) is 2.44. The minimum atomic E-state index is 0.108. The van der Waals surface area contributed by atoms with Crippen molar-refractivity contribution in [2.75, 3.05) is 13.1 Å². The fourth-order valence-electron chi connectivity index (χ4n) is 2.31. The van der Waals surface area contributed by atoms with Gasteiger partial charge in [0.05, 0.1) is 0 Å². The molecule has 0 radical (unpaired) electrons. The average molecular weight is 230 g/mol. The largest absolute Gasteiger partial charge is 0.441 e. The third-order valence-electron chi connectivity index (χ3n) is 3.21. The molecule has 0 amide bonds. The highest BCUT2D eigenvalue weighted by Gasteiger charge is 2.23. The molecular weight excluding hydrogens is 216 g/mol. The molecule has 1 saturated heterocycles. The first kappa shape index (κ1) is 10.5. The molecule has 1 aromatic heterocycles. The average Bonchev–Trinajstić information content (AvgIpc) is 2.94. The lowest BCUT2D eigenvalue weighted by atomic mass is 9.97. The maximum Gasteiger partial charge on any atom is 0.192 e. The number of rotatable bonds is 2. The third-order valence-corrected chi connectivity index (χ3v) is 3.21. The maximum absolute atomic E-state index is 12.2. The van der Waals surface area contributed by atoms with Crippen molar-refractivity contribution in [1.82, 2.24) is 10.3 Å². The van der Waals surface area contributed by atoms with Crippen LogP contribution in [0.1, 0.15) is 22.7 Å². The van der Waals surface area contributed by atoms with Crippen molar-refractivity contribution < 1.29 is 9.21 Å². The van der Waals surface area contributed by atoms with Crippen LogP contribution >= 0.6 is 0 Å². The lowest BCUT2D eigenvalue weighted by molar-refractivity contribution is 0.0930. The minimum Gasteiger partial charge on any atom is -0.441 e. The van der Waals surface area contributed by atoms with E-state index in [1.54, 1.807) is 6.07 Å². The number of ketones is 1. The number of nitrogens with zero attached hydrogens (tertiary/aromatic N) is 1. The molecule has 0 saturated carbocycles. The van der Waals surface area contributed by atoms with Gasteiger partial charge in [0.25, 0.3) is 0 Å². The Labute approximate surface area is 99.0 Å². The Morgan fingerprint density at radius 1 is 1.53 bits per heavy atom. The van der Waals surface area contributed by atoms with Gasteiger partial charge in [-0.15, -0.1) is 0 Å². The van der Waals surface area contributed by atoms with Crippen molar-refractivity contribution in [2.45, 2.75) is 13.3 Å². The van der Waals surface area contributed by atoms with E-state index in [1.165, 1.54) is 0 Å². The Hall–Kier alpha value is -1.68. The molecule has 0 bridgehead atoms. The molecule has 1 N–H and O–H groups in total. The summed E-state index contributed by atoms with van der Waals surface area (Å²) in [7, 11) is 0. The van der Waals surface area contributed by atoms with Gasteiger partial charge in [-0.05, 0) is 31.2 Å². The van der Waals surface area contributed by atoms with Gasteiger partial charge in [-0.2, -0.15) is 0 Å². The molecule has 1 fully saturated rings. The predicted octanol–water partition coefficient (Wildman–Crippen LogP) is 1.93. The number of carbonyl (C=O) groups is 1. The molecule has 1 unspecified atom stereocenters.